The maximum atomic E-state index is 13.4. The van der Waals surface area contributed by atoms with Gasteiger partial charge in [0.1, 0.15) is 11.6 Å². The third-order valence-electron chi connectivity index (χ3n) is 2.86. The van der Waals surface area contributed by atoms with Gasteiger partial charge in [-0.2, -0.15) is 0 Å². The number of hydrogen-bond donors (Lipinski definition) is 1. The molecule has 21 heavy (non-hydrogen) atoms. The molecule has 0 bridgehead atoms. The molecule has 0 aliphatic rings. The number of rotatable bonds is 6. The summed E-state index contributed by atoms with van der Waals surface area (Å²) in [5.74, 6) is 0.545. The van der Waals surface area contributed by atoms with Gasteiger partial charge in [0.15, 0.2) is 0 Å². The van der Waals surface area contributed by atoms with E-state index >= 15 is 0 Å². The van der Waals surface area contributed by atoms with Crippen LogP contribution < -0.4 is 10.1 Å². The van der Waals surface area contributed by atoms with Gasteiger partial charge in [0, 0.05) is 17.0 Å². The molecule has 2 aromatic rings. The molecular formula is C16H16FNO2S. The van der Waals surface area contributed by atoms with Crippen LogP contribution in [0.1, 0.15) is 5.56 Å². The predicted molar refractivity (Wildman–Crippen MR) is 82.0 cm³/mol. The average Bonchev–Trinajstić information content (AvgIpc) is 2.52. The quantitative estimate of drug-likeness (QED) is 0.833. The molecule has 5 heteroatoms. The molecule has 3 nitrogen and oxygen atoms in total. The van der Waals surface area contributed by atoms with E-state index in [1.807, 2.05) is 24.3 Å². The number of ether oxygens (including phenoxy) is 1. The van der Waals surface area contributed by atoms with Crippen LogP contribution in [0.2, 0.25) is 0 Å². The lowest BCUT2D eigenvalue weighted by Crippen LogP contribution is -2.25. The monoisotopic (exact) mass is 305 g/mol. The molecule has 0 saturated heterocycles. The van der Waals surface area contributed by atoms with Crippen LogP contribution in [0.15, 0.2) is 53.4 Å². The van der Waals surface area contributed by atoms with Crippen LogP contribution in [0.5, 0.6) is 5.75 Å². The Labute approximate surface area is 127 Å². The van der Waals surface area contributed by atoms with Crippen molar-refractivity contribution in [2.45, 2.75) is 11.4 Å². The summed E-state index contributed by atoms with van der Waals surface area (Å²) in [7, 11) is 1.59. The molecule has 0 radical (unpaired) electrons. The van der Waals surface area contributed by atoms with Crippen molar-refractivity contribution < 1.29 is 13.9 Å². The number of amides is 1. The fourth-order valence-electron chi connectivity index (χ4n) is 1.77. The first-order valence-electron chi connectivity index (χ1n) is 6.46. The van der Waals surface area contributed by atoms with E-state index in [0.717, 1.165) is 10.6 Å². The number of benzene rings is 2. The highest BCUT2D eigenvalue weighted by Gasteiger charge is 2.07. The van der Waals surface area contributed by atoms with Gasteiger partial charge in [-0.05, 0) is 18.2 Å². The number of carbonyl (C=O) groups is 1. The lowest BCUT2D eigenvalue weighted by atomic mass is 10.2. The van der Waals surface area contributed by atoms with E-state index in [-0.39, 0.29) is 24.0 Å². The molecule has 0 unspecified atom stereocenters. The second-order valence-electron chi connectivity index (χ2n) is 4.31. The van der Waals surface area contributed by atoms with E-state index in [2.05, 4.69) is 5.32 Å². The molecule has 0 fully saturated rings. The Morgan fingerprint density at radius 1 is 1.19 bits per heavy atom. The first kappa shape index (κ1) is 15.4. The summed E-state index contributed by atoms with van der Waals surface area (Å²) >= 11 is 1.39. The third kappa shape index (κ3) is 4.49. The van der Waals surface area contributed by atoms with Gasteiger partial charge in [-0.3, -0.25) is 4.79 Å². The Kier molecular flexibility index (Phi) is 5.63. The van der Waals surface area contributed by atoms with E-state index in [4.69, 9.17) is 4.74 Å². The van der Waals surface area contributed by atoms with Gasteiger partial charge in [-0.15, -0.1) is 11.8 Å². The maximum Gasteiger partial charge on any atom is 0.230 e. The zero-order chi connectivity index (χ0) is 15.1. The summed E-state index contributed by atoms with van der Waals surface area (Å²) in [6.07, 6.45) is 0. The summed E-state index contributed by atoms with van der Waals surface area (Å²) in [6.45, 7) is 0.192. The van der Waals surface area contributed by atoms with Gasteiger partial charge in [-0.1, -0.05) is 30.3 Å². The standard InChI is InChI=1S/C16H16FNO2S/c1-20-14-8-4-5-9-15(14)21-11-16(19)18-10-12-6-2-3-7-13(12)17/h2-9H,10-11H2,1H3,(H,18,19). The highest BCUT2D eigenvalue weighted by atomic mass is 32.2. The molecule has 0 saturated carbocycles. The topological polar surface area (TPSA) is 38.3 Å². The van der Waals surface area contributed by atoms with Gasteiger partial charge in [0.25, 0.3) is 0 Å². The SMILES string of the molecule is COc1ccccc1SCC(=O)NCc1ccccc1F. The van der Waals surface area contributed by atoms with Gasteiger partial charge < -0.3 is 10.1 Å². The number of carbonyl (C=O) groups excluding carboxylic acids is 1. The number of nitrogens with one attached hydrogen (secondary N) is 1. The fourth-order valence-corrected chi connectivity index (χ4v) is 2.63. The van der Waals surface area contributed by atoms with Crippen LogP contribution in [0.3, 0.4) is 0 Å². The van der Waals surface area contributed by atoms with E-state index in [0.29, 0.717) is 5.56 Å². The van der Waals surface area contributed by atoms with Crippen molar-refractivity contribution in [3.05, 3.63) is 59.9 Å². The Morgan fingerprint density at radius 2 is 1.90 bits per heavy atom. The van der Waals surface area contributed by atoms with E-state index in [9.17, 15) is 9.18 Å². The van der Waals surface area contributed by atoms with Crippen molar-refractivity contribution in [3.63, 3.8) is 0 Å². The minimum atomic E-state index is -0.310. The van der Waals surface area contributed by atoms with Crippen molar-refractivity contribution in [3.8, 4) is 5.75 Å². The Hall–Kier alpha value is -2.01. The second kappa shape index (κ2) is 7.69. The first-order chi connectivity index (χ1) is 10.2. The number of methoxy groups -OCH3 is 1. The zero-order valence-corrected chi connectivity index (χ0v) is 12.5. The summed E-state index contributed by atoms with van der Waals surface area (Å²) in [5.41, 5.74) is 0.480. The lowest BCUT2D eigenvalue weighted by Gasteiger charge is -2.08. The maximum absolute atomic E-state index is 13.4. The molecule has 2 aromatic carbocycles. The van der Waals surface area contributed by atoms with Crippen LogP contribution in [-0.4, -0.2) is 18.8 Å². The zero-order valence-electron chi connectivity index (χ0n) is 11.6. The van der Waals surface area contributed by atoms with Crippen molar-refractivity contribution in [1.82, 2.24) is 5.32 Å². The summed E-state index contributed by atoms with van der Waals surface area (Å²) in [6, 6.07) is 13.9. The number of halogens is 1. The molecule has 110 valence electrons. The van der Waals surface area contributed by atoms with Crippen LogP contribution in [-0.2, 0) is 11.3 Å². The van der Waals surface area contributed by atoms with E-state index < -0.39 is 0 Å². The van der Waals surface area contributed by atoms with Crippen molar-refractivity contribution in [1.29, 1.82) is 0 Å². The van der Waals surface area contributed by atoms with Crippen molar-refractivity contribution >= 4 is 17.7 Å². The van der Waals surface area contributed by atoms with Gasteiger partial charge in [0.2, 0.25) is 5.91 Å². The molecule has 1 amide bonds. The molecule has 0 aliphatic heterocycles. The Morgan fingerprint density at radius 3 is 2.67 bits per heavy atom. The highest BCUT2D eigenvalue weighted by molar-refractivity contribution is 8.00. The summed E-state index contributed by atoms with van der Waals surface area (Å²) in [5, 5.41) is 2.71. The molecule has 1 N–H and O–H groups in total. The third-order valence-corrected chi connectivity index (χ3v) is 3.92. The molecule has 0 spiro atoms. The number of para-hydroxylation sites is 1. The summed E-state index contributed by atoms with van der Waals surface area (Å²) in [4.78, 5) is 12.7. The minimum Gasteiger partial charge on any atom is -0.496 e. The average molecular weight is 305 g/mol. The van der Waals surface area contributed by atoms with Crippen LogP contribution in [0.25, 0.3) is 0 Å². The first-order valence-corrected chi connectivity index (χ1v) is 7.45. The highest BCUT2D eigenvalue weighted by Crippen LogP contribution is 2.28. The van der Waals surface area contributed by atoms with Gasteiger partial charge in [0.05, 0.1) is 12.9 Å². The molecule has 2 rings (SSSR count). The minimum absolute atomic E-state index is 0.144. The van der Waals surface area contributed by atoms with Crippen molar-refractivity contribution in [2.75, 3.05) is 12.9 Å². The predicted octanol–water partition coefficient (Wildman–Crippen LogP) is 3.24. The Bertz CT molecular complexity index is 619. The number of hydrogen-bond acceptors (Lipinski definition) is 3. The van der Waals surface area contributed by atoms with E-state index in [1.165, 1.54) is 17.8 Å². The smallest absolute Gasteiger partial charge is 0.230 e. The molecule has 0 atom stereocenters. The molecule has 0 aliphatic carbocycles. The molecule has 0 aromatic heterocycles. The molecule has 0 heterocycles. The fraction of sp³-hybridized carbons (Fsp3) is 0.188. The number of thioether (sulfide) groups is 1. The van der Waals surface area contributed by atoms with Gasteiger partial charge in [-0.25, -0.2) is 4.39 Å². The summed E-state index contributed by atoms with van der Waals surface area (Å²) < 4.78 is 18.6. The normalized spacial score (nSPS) is 10.2. The van der Waals surface area contributed by atoms with E-state index in [1.54, 1.807) is 25.3 Å². The Balaban J connectivity index is 1.84. The lowest BCUT2D eigenvalue weighted by molar-refractivity contribution is -0.118. The molecular weight excluding hydrogens is 289 g/mol. The largest absolute Gasteiger partial charge is 0.496 e. The van der Waals surface area contributed by atoms with Crippen molar-refractivity contribution in [2.24, 2.45) is 0 Å². The van der Waals surface area contributed by atoms with Crippen LogP contribution in [0, 0.1) is 5.82 Å². The van der Waals surface area contributed by atoms with Crippen LogP contribution in [0.4, 0.5) is 4.39 Å². The van der Waals surface area contributed by atoms with Crippen LogP contribution >= 0.6 is 11.8 Å². The van der Waals surface area contributed by atoms with Gasteiger partial charge >= 0.3 is 0 Å². The second-order valence-corrected chi connectivity index (χ2v) is 5.32.